The first-order valence-electron chi connectivity index (χ1n) is 6.88. The molecule has 0 heterocycles. The summed E-state index contributed by atoms with van der Waals surface area (Å²) >= 11 is 0. The van der Waals surface area contributed by atoms with Crippen LogP contribution < -0.4 is 0 Å². The second kappa shape index (κ2) is 9.44. The predicted octanol–water partition coefficient (Wildman–Crippen LogP) is 2.53. The third-order valence-electron chi connectivity index (χ3n) is 2.93. The van der Waals surface area contributed by atoms with E-state index in [1.807, 2.05) is 6.92 Å². The number of rotatable bonds is 10. The van der Waals surface area contributed by atoms with Crippen molar-refractivity contribution in [1.29, 1.82) is 0 Å². The average Bonchev–Trinajstić information content (AvgIpc) is 2.43. The number of halogens is 1. The molecule has 0 saturated heterocycles. The van der Waals surface area contributed by atoms with E-state index in [0.717, 1.165) is 18.5 Å². The van der Waals surface area contributed by atoms with Gasteiger partial charge in [0.15, 0.2) is 0 Å². The standard InChI is InChI=1S/C15H22FNO3/c1-2-20-11-3-9-17(10-8-15(18)19)12-13-4-6-14(16)7-5-13/h4-7H,2-3,8-12H2,1H3,(H,18,19). The van der Waals surface area contributed by atoms with Gasteiger partial charge in [0.2, 0.25) is 0 Å². The molecular formula is C15H22FNO3. The first-order chi connectivity index (χ1) is 9.61. The molecule has 0 radical (unpaired) electrons. The van der Waals surface area contributed by atoms with Crippen LogP contribution in [0.2, 0.25) is 0 Å². The highest BCUT2D eigenvalue weighted by molar-refractivity contribution is 5.66. The Bertz CT molecular complexity index is 395. The van der Waals surface area contributed by atoms with Gasteiger partial charge in [-0.1, -0.05) is 12.1 Å². The Morgan fingerprint density at radius 3 is 2.60 bits per heavy atom. The van der Waals surface area contributed by atoms with Gasteiger partial charge in [-0.05, 0) is 31.0 Å². The van der Waals surface area contributed by atoms with E-state index in [2.05, 4.69) is 4.90 Å². The molecule has 0 bridgehead atoms. The van der Waals surface area contributed by atoms with Crippen molar-refractivity contribution in [3.05, 3.63) is 35.6 Å². The molecule has 0 aliphatic rings. The molecule has 1 aromatic carbocycles. The average molecular weight is 283 g/mol. The van der Waals surface area contributed by atoms with Crippen LogP contribution in [0.5, 0.6) is 0 Å². The van der Waals surface area contributed by atoms with E-state index in [0.29, 0.717) is 26.3 Å². The molecule has 0 amide bonds. The molecule has 1 N–H and O–H groups in total. The van der Waals surface area contributed by atoms with E-state index in [1.54, 1.807) is 12.1 Å². The van der Waals surface area contributed by atoms with Crippen molar-refractivity contribution in [1.82, 2.24) is 4.90 Å². The van der Waals surface area contributed by atoms with Gasteiger partial charge >= 0.3 is 5.97 Å². The quantitative estimate of drug-likeness (QED) is 0.670. The molecule has 5 heteroatoms. The van der Waals surface area contributed by atoms with Crippen molar-refractivity contribution in [2.45, 2.75) is 26.3 Å². The zero-order chi connectivity index (χ0) is 14.8. The van der Waals surface area contributed by atoms with E-state index >= 15 is 0 Å². The van der Waals surface area contributed by atoms with Crippen LogP contribution in [-0.4, -0.2) is 42.3 Å². The normalized spacial score (nSPS) is 10.9. The van der Waals surface area contributed by atoms with Gasteiger partial charge in [-0.3, -0.25) is 9.69 Å². The zero-order valence-electron chi connectivity index (χ0n) is 11.8. The van der Waals surface area contributed by atoms with Crippen LogP contribution in [0.4, 0.5) is 4.39 Å². The number of ether oxygens (including phenoxy) is 1. The van der Waals surface area contributed by atoms with Crippen LogP contribution in [0.1, 0.15) is 25.3 Å². The molecule has 1 aromatic rings. The SMILES string of the molecule is CCOCCCN(CCC(=O)O)Cc1ccc(F)cc1. The topological polar surface area (TPSA) is 49.8 Å². The van der Waals surface area contributed by atoms with Crippen LogP contribution >= 0.6 is 0 Å². The number of aliphatic carboxylic acids is 1. The number of benzene rings is 1. The van der Waals surface area contributed by atoms with Gasteiger partial charge in [0, 0.05) is 32.8 Å². The lowest BCUT2D eigenvalue weighted by Gasteiger charge is -2.21. The Balaban J connectivity index is 2.47. The second-order valence-electron chi connectivity index (χ2n) is 4.60. The van der Waals surface area contributed by atoms with Gasteiger partial charge in [0.25, 0.3) is 0 Å². The van der Waals surface area contributed by atoms with Crippen LogP contribution in [-0.2, 0) is 16.1 Å². The second-order valence-corrected chi connectivity index (χ2v) is 4.60. The summed E-state index contributed by atoms with van der Waals surface area (Å²) in [4.78, 5) is 12.7. The van der Waals surface area contributed by atoms with Crippen molar-refractivity contribution in [3.63, 3.8) is 0 Å². The van der Waals surface area contributed by atoms with Gasteiger partial charge in [-0.25, -0.2) is 4.39 Å². The fourth-order valence-corrected chi connectivity index (χ4v) is 1.91. The number of carboxylic acids is 1. The van der Waals surface area contributed by atoms with Gasteiger partial charge in [0.1, 0.15) is 5.82 Å². The summed E-state index contributed by atoms with van der Waals surface area (Å²) in [7, 11) is 0. The smallest absolute Gasteiger partial charge is 0.304 e. The molecule has 0 spiro atoms. The van der Waals surface area contributed by atoms with E-state index in [4.69, 9.17) is 9.84 Å². The van der Waals surface area contributed by atoms with E-state index in [1.165, 1.54) is 12.1 Å². The van der Waals surface area contributed by atoms with Crippen LogP contribution in [0, 0.1) is 5.82 Å². The number of hydrogen-bond donors (Lipinski definition) is 1. The molecule has 112 valence electrons. The lowest BCUT2D eigenvalue weighted by molar-refractivity contribution is -0.137. The Labute approximate surface area is 119 Å². The Morgan fingerprint density at radius 1 is 1.30 bits per heavy atom. The minimum Gasteiger partial charge on any atom is -0.481 e. The fraction of sp³-hybridized carbons (Fsp3) is 0.533. The Kier molecular flexibility index (Phi) is 7.84. The molecule has 0 aliphatic carbocycles. The molecule has 1 rings (SSSR count). The third kappa shape index (κ3) is 7.21. The molecule has 0 atom stereocenters. The molecule has 4 nitrogen and oxygen atoms in total. The minimum atomic E-state index is -0.807. The largest absolute Gasteiger partial charge is 0.481 e. The van der Waals surface area contributed by atoms with Crippen LogP contribution in [0.25, 0.3) is 0 Å². The molecule has 0 unspecified atom stereocenters. The summed E-state index contributed by atoms with van der Waals surface area (Å²) in [5.41, 5.74) is 0.980. The molecule has 0 saturated carbocycles. The van der Waals surface area contributed by atoms with Crippen molar-refractivity contribution in [3.8, 4) is 0 Å². The van der Waals surface area contributed by atoms with Gasteiger partial charge in [-0.2, -0.15) is 0 Å². The monoisotopic (exact) mass is 283 g/mol. The van der Waals surface area contributed by atoms with Crippen molar-refractivity contribution >= 4 is 5.97 Å². The van der Waals surface area contributed by atoms with E-state index in [-0.39, 0.29) is 12.2 Å². The fourth-order valence-electron chi connectivity index (χ4n) is 1.91. The lowest BCUT2D eigenvalue weighted by atomic mass is 10.2. The highest BCUT2D eigenvalue weighted by atomic mass is 19.1. The van der Waals surface area contributed by atoms with E-state index < -0.39 is 5.97 Å². The van der Waals surface area contributed by atoms with Crippen molar-refractivity contribution in [2.75, 3.05) is 26.3 Å². The highest BCUT2D eigenvalue weighted by Crippen LogP contribution is 2.08. The predicted molar refractivity (Wildman–Crippen MR) is 75.0 cm³/mol. The Hall–Kier alpha value is -1.46. The first-order valence-corrected chi connectivity index (χ1v) is 6.88. The molecular weight excluding hydrogens is 261 g/mol. The maximum atomic E-state index is 12.9. The zero-order valence-corrected chi connectivity index (χ0v) is 11.8. The summed E-state index contributed by atoms with van der Waals surface area (Å²) in [5, 5.41) is 8.77. The summed E-state index contributed by atoms with van der Waals surface area (Å²) in [6.07, 6.45) is 0.963. The molecule has 20 heavy (non-hydrogen) atoms. The maximum Gasteiger partial charge on any atom is 0.304 e. The summed E-state index contributed by atoms with van der Waals surface area (Å²) < 4.78 is 18.1. The molecule has 0 fully saturated rings. The number of carboxylic acid groups (broad SMARTS) is 1. The lowest BCUT2D eigenvalue weighted by Crippen LogP contribution is -2.28. The summed E-state index contributed by atoms with van der Waals surface area (Å²) in [6, 6.07) is 6.30. The molecule has 0 aromatic heterocycles. The molecule has 0 aliphatic heterocycles. The number of hydrogen-bond acceptors (Lipinski definition) is 3. The number of nitrogens with zero attached hydrogens (tertiary/aromatic N) is 1. The van der Waals surface area contributed by atoms with E-state index in [9.17, 15) is 9.18 Å². The van der Waals surface area contributed by atoms with Crippen LogP contribution in [0.3, 0.4) is 0 Å². The van der Waals surface area contributed by atoms with Crippen molar-refractivity contribution < 1.29 is 19.0 Å². The maximum absolute atomic E-state index is 12.9. The summed E-state index contributed by atoms with van der Waals surface area (Å²) in [5.74, 6) is -1.07. The van der Waals surface area contributed by atoms with Crippen molar-refractivity contribution in [2.24, 2.45) is 0 Å². The third-order valence-corrected chi connectivity index (χ3v) is 2.93. The number of carbonyl (C=O) groups is 1. The minimum absolute atomic E-state index is 0.107. The van der Waals surface area contributed by atoms with Crippen LogP contribution in [0.15, 0.2) is 24.3 Å². The van der Waals surface area contributed by atoms with Gasteiger partial charge < -0.3 is 9.84 Å². The Morgan fingerprint density at radius 2 is 2.00 bits per heavy atom. The van der Waals surface area contributed by atoms with Gasteiger partial charge in [0.05, 0.1) is 6.42 Å². The highest BCUT2D eigenvalue weighted by Gasteiger charge is 2.08. The first kappa shape index (κ1) is 16.6. The summed E-state index contributed by atoms with van der Waals surface area (Å²) in [6.45, 7) is 5.18. The van der Waals surface area contributed by atoms with Gasteiger partial charge in [-0.15, -0.1) is 0 Å².